The molecule has 1 N–H and O–H groups in total. The molecule has 2 heterocycles. The fourth-order valence-electron chi connectivity index (χ4n) is 1.80. The molecule has 6 nitrogen and oxygen atoms in total. The van der Waals surface area contributed by atoms with Crippen LogP contribution in [0.2, 0.25) is 0 Å². The van der Waals surface area contributed by atoms with E-state index in [0.29, 0.717) is 24.6 Å². The molecule has 0 spiro atoms. The predicted octanol–water partition coefficient (Wildman–Crippen LogP) is 1.57. The van der Waals surface area contributed by atoms with Crippen LogP contribution in [0.3, 0.4) is 0 Å². The fourth-order valence-corrected chi connectivity index (χ4v) is 2.61. The lowest BCUT2D eigenvalue weighted by molar-refractivity contribution is 0.0948. The molecule has 0 saturated heterocycles. The first-order valence-electron chi connectivity index (χ1n) is 6.05. The first-order valence-corrected chi connectivity index (χ1v) is 6.93. The van der Waals surface area contributed by atoms with Gasteiger partial charge in [0.1, 0.15) is 5.56 Å². The van der Waals surface area contributed by atoms with Gasteiger partial charge in [0.25, 0.3) is 5.91 Å². The maximum Gasteiger partial charge on any atom is 0.258 e. The number of hydrogen-bond acceptors (Lipinski definition) is 5. The molecule has 0 aliphatic rings. The smallest absolute Gasteiger partial charge is 0.258 e. The van der Waals surface area contributed by atoms with Crippen molar-refractivity contribution in [1.82, 2.24) is 15.1 Å². The highest BCUT2D eigenvalue weighted by Gasteiger charge is 2.16. The van der Waals surface area contributed by atoms with Crippen LogP contribution in [0.4, 0.5) is 0 Å². The van der Waals surface area contributed by atoms with Gasteiger partial charge in [-0.2, -0.15) is 0 Å². The Hall–Kier alpha value is -1.86. The zero-order chi connectivity index (χ0) is 14.5. The molecule has 7 heteroatoms. The van der Waals surface area contributed by atoms with E-state index in [2.05, 4.69) is 10.4 Å². The number of thiophene rings is 1. The van der Waals surface area contributed by atoms with Crippen molar-refractivity contribution in [2.45, 2.75) is 13.2 Å². The van der Waals surface area contributed by atoms with Gasteiger partial charge in [0.2, 0.25) is 5.88 Å². The molecule has 2 aromatic rings. The zero-order valence-corrected chi connectivity index (χ0v) is 12.5. The van der Waals surface area contributed by atoms with Crippen molar-refractivity contribution in [1.29, 1.82) is 0 Å². The van der Waals surface area contributed by atoms with E-state index in [1.807, 2.05) is 11.4 Å². The number of carbonyl (C=O) groups excluding carboxylic acids is 1. The average molecular weight is 295 g/mol. The number of aromatic nitrogens is 2. The van der Waals surface area contributed by atoms with Crippen molar-refractivity contribution < 1.29 is 14.3 Å². The van der Waals surface area contributed by atoms with Gasteiger partial charge in [0.05, 0.1) is 20.3 Å². The molecule has 0 aliphatic heterocycles. The van der Waals surface area contributed by atoms with Crippen LogP contribution in [-0.2, 0) is 24.9 Å². The van der Waals surface area contributed by atoms with Crippen molar-refractivity contribution in [3.63, 3.8) is 0 Å². The van der Waals surface area contributed by atoms with Gasteiger partial charge in [-0.15, -0.1) is 16.4 Å². The number of carbonyl (C=O) groups is 1. The van der Waals surface area contributed by atoms with Gasteiger partial charge >= 0.3 is 0 Å². The van der Waals surface area contributed by atoms with Gasteiger partial charge in [-0.25, -0.2) is 0 Å². The van der Waals surface area contributed by atoms with E-state index in [-0.39, 0.29) is 5.91 Å². The van der Waals surface area contributed by atoms with E-state index in [1.165, 1.54) is 7.11 Å². The van der Waals surface area contributed by atoms with Crippen LogP contribution in [0.25, 0.3) is 0 Å². The minimum absolute atomic E-state index is 0.198. The van der Waals surface area contributed by atoms with Crippen LogP contribution < -0.4 is 10.1 Å². The van der Waals surface area contributed by atoms with E-state index in [0.717, 1.165) is 10.4 Å². The second-order valence-corrected chi connectivity index (χ2v) is 5.26. The Morgan fingerprint density at radius 1 is 1.50 bits per heavy atom. The summed E-state index contributed by atoms with van der Waals surface area (Å²) >= 11 is 1.60. The lowest BCUT2D eigenvalue weighted by Crippen LogP contribution is -2.22. The molecule has 2 aromatic heterocycles. The topological polar surface area (TPSA) is 65.4 Å². The number of nitrogens with zero attached hydrogens (tertiary/aromatic N) is 2. The molecule has 20 heavy (non-hydrogen) atoms. The van der Waals surface area contributed by atoms with Crippen molar-refractivity contribution in [3.05, 3.63) is 33.6 Å². The van der Waals surface area contributed by atoms with Crippen LogP contribution in [0.1, 0.15) is 20.8 Å². The van der Waals surface area contributed by atoms with Gasteiger partial charge in [0, 0.05) is 25.2 Å². The molecule has 0 saturated carbocycles. The maximum atomic E-state index is 12.1. The quantitative estimate of drug-likeness (QED) is 0.878. The Morgan fingerprint density at radius 2 is 2.30 bits per heavy atom. The van der Waals surface area contributed by atoms with E-state index in [9.17, 15) is 4.79 Å². The van der Waals surface area contributed by atoms with Gasteiger partial charge in [-0.3, -0.25) is 9.48 Å². The summed E-state index contributed by atoms with van der Waals surface area (Å²) in [6.07, 6.45) is 1.64. The molecule has 0 bridgehead atoms. The van der Waals surface area contributed by atoms with Gasteiger partial charge in [-0.1, -0.05) is 0 Å². The SMILES string of the molecule is COCc1csc(CNC(=O)c2cn(C)nc2OC)c1. The second-order valence-electron chi connectivity index (χ2n) is 4.26. The third-order valence-corrected chi connectivity index (χ3v) is 3.66. The van der Waals surface area contributed by atoms with Crippen LogP contribution in [0, 0.1) is 0 Å². The fraction of sp³-hybridized carbons (Fsp3) is 0.385. The third kappa shape index (κ3) is 3.37. The van der Waals surface area contributed by atoms with Gasteiger partial charge in [-0.05, 0) is 17.0 Å². The molecule has 108 valence electrons. The Labute approximate surface area is 121 Å². The van der Waals surface area contributed by atoms with Crippen molar-refractivity contribution in [2.24, 2.45) is 7.05 Å². The zero-order valence-electron chi connectivity index (χ0n) is 11.7. The molecule has 0 fully saturated rings. The third-order valence-electron chi connectivity index (χ3n) is 2.68. The minimum Gasteiger partial charge on any atom is -0.479 e. The largest absolute Gasteiger partial charge is 0.479 e. The molecule has 0 aliphatic carbocycles. The first kappa shape index (κ1) is 14.5. The first-order chi connectivity index (χ1) is 9.63. The summed E-state index contributed by atoms with van der Waals surface area (Å²) in [5.41, 5.74) is 1.55. The number of nitrogens with one attached hydrogen (secondary N) is 1. The number of hydrogen-bond donors (Lipinski definition) is 1. The summed E-state index contributed by atoms with van der Waals surface area (Å²) in [6, 6.07) is 2.02. The van der Waals surface area contributed by atoms with E-state index in [4.69, 9.17) is 9.47 Å². The maximum absolute atomic E-state index is 12.1. The molecule has 0 unspecified atom stereocenters. The average Bonchev–Trinajstić information content (AvgIpc) is 3.03. The molecule has 0 atom stereocenters. The van der Waals surface area contributed by atoms with Crippen LogP contribution in [0.5, 0.6) is 5.88 Å². The lowest BCUT2D eigenvalue weighted by atomic mass is 10.3. The summed E-state index contributed by atoms with van der Waals surface area (Å²) in [6.45, 7) is 1.06. The number of rotatable bonds is 6. The monoisotopic (exact) mass is 295 g/mol. The lowest BCUT2D eigenvalue weighted by Gasteiger charge is -2.02. The van der Waals surface area contributed by atoms with Gasteiger partial charge in [0.15, 0.2) is 0 Å². The molecular formula is C13H17N3O3S. The van der Waals surface area contributed by atoms with Crippen LogP contribution >= 0.6 is 11.3 Å². The number of amides is 1. The highest BCUT2D eigenvalue weighted by atomic mass is 32.1. The van der Waals surface area contributed by atoms with Gasteiger partial charge < -0.3 is 14.8 Å². The van der Waals surface area contributed by atoms with E-state index < -0.39 is 0 Å². The van der Waals surface area contributed by atoms with Crippen LogP contribution in [-0.4, -0.2) is 29.9 Å². The summed E-state index contributed by atoms with van der Waals surface area (Å²) in [5.74, 6) is 0.132. The summed E-state index contributed by atoms with van der Waals surface area (Å²) in [7, 11) is 4.90. The molecule has 0 aromatic carbocycles. The summed E-state index contributed by atoms with van der Waals surface area (Å²) in [5, 5.41) is 8.93. The van der Waals surface area contributed by atoms with E-state index >= 15 is 0 Å². The Balaban J connectivity index is 1.97. The molecular weight excluding hydrogens is 278 g/mol. The Bertz CT molecular complexity index is 591. The Kier molecular flexibility index (Phi) is 4.75. The highest BCUT2D eigenvalue weighted by molar-refractivity contribution is 7.10. The molecule has 0 radical (unpaired) electrons. The molecule has 1 amide bonds. The second kappa shape index (κ2) is 6.53. The number of methoxy groups -OCH3 is 2. The highest BCUT2D eigenvalue weighted by Crippen LogP contribution is 2.17. The minimum atomic E-state index is -0.198. The van der Waals surface area contributed by atoms with Crippen LogP contribution in [0.15, 0.2) is 17.6 Å². The number of ether oxygens (including phenoxy) is 2. The Morgan fingerprint density at radius 3 is 3.00 bits per heavy atom. The van der Waals surface area contributed by atoms with Crippen molar-refractivity contribution in [3.8, 4) is 5.88 Å². The summed E-state index contributed by atoms with van der Waals surface area (Å²) < 4.78 is 11.7. The van der Waals surface area contributed by atoms with Crippen molar-refractivity contribution >= 4 is 17.2 Å². The normalized spacial score (nSPS) is 10.6. The number of aryl methyl sites for hydroxylation is 1. The molecule has 2 rings (SSSR count). The standard InChI is InChI=1S/C13H17N3O3S/c1-16-6-11(13(15-16)19-3)12(17)14-5-10-4-9(7-18-2)8-20-10/h4,6,8H,5,7H2,1-3H3,(H,14,17). The van der Waals surface area contributed by atoms with Crippen molar-refractivity contribution in [2.75, 3.05) is 14.2 Å². The predicted molar refractivity (Wildman–Crippen MR) is 76.0 cm³/mol. The summed E-state index contributed by atoms with van der Waals surface area (Å²) in [4.78, 5) is 13.2. The van der Waals surface area contributed by atoms with E-state index in [1.54, 1.807) is 36.4 Å².